The molecule has 7 nitrogen and oxygen atoms in total. The second kappa shape index (κ2) is 9.66. The lowest BCUT2D eigenvalue weighted by atomic mass is 9.89. The molecular weight excluding hydrogens is 494 g/mol. The average molecular weight is 518 g/mol. The molecule has 3 heterocycles. The van der Waals surface area contributed by atoms with Gasteiger partial charge in [-0.1, -0.05) is 0 Å². The molecule has 0 bridgehead atoms. The molecular formula is C23H24F6N4O3. The molecule has 0 radical (unpaired) electrons. The summed E-state index contributed by atoms with van der Waals surface area (Å²) in [4.78, 5) is 32.2. The molecule has 0 saturated carbocycles. The number of aromatic nitrogens is 2. The van der Waals surface area contributed by atoms with Crippen molar-refractivity contribution in [1.82, 2.24) is 19.4 Å². The number of hydrogen-bond acceptors (Lipinski definition) is 4. The molecule has 13 heteroatoms. The molecule has 1 saturated heterocycles. The standard InChI is InChI=1S/C23H24F6N4O3/c1-2-36-21(35)32-7-5-31(6-8-32)20(34)18-13-33-12-14(3-4-19(33)30-18)15-9-16(22(24,25)26)11-17(10-15)23(27,28)29/h9-11,13-14H,2-8,12H2,1H3. The van der Waals surface area contributed by atoms with E-state index in [9.17, 15) is 35.9 Å². The number of carbonyl (C=O) groups is 2. The van der Waals surface area contributed by atoms with E-state index in [2.05, 4.69) is 4.98 Å². The summed E-state index contributed by atoms with van der Waals surface area (Å²) in [6.07, 6.45) is -8.20. The van der Waals surface area contributed by atoms with Gasteiger partial charge in [-0.05, 0) is 37.1 Å². The van der Waals surface area contributed by atoms with E-state index < -0.39 is 35.5 Å². The Bertz CT molecular complexity index is 1100. The fraction of sp³-hybridized carbons (Fsp3) is 0.522. The fourth-order valence-corrected chi connectivity index (χ4v) is 4.50. The SMILES string of the molecule is CCOC(=O)N1CCN(C(=O)c2cn3c(n2)CCC(c2cc(C(F)(F)F)cc(C(F)(F)F)c2)C3)CC1. The van der Waals surface area contributed by atoms with Crippen LogP contribution in [0.2, 0.25) is 0 Å². The van der Waals surface area contributed by atoms with Crippen LogP contribution in [-0.2, 0) is 30.1 Å². The Kier molecular flexibility index (Phi) is 6.93. The van der Waals surface area contributed by atoms with E-state index in [4.69, 9.17) is 4.74 Å². The Morgan fingerprint density at radius 3 is 2.11 bits per heavy atom. The molecule has 1 aromatic carbocycles. The van der Waals surface area contributed by atoms with Crippen molar-refractivity contribution in [1.29, 1.82) is 0 Å². The summed E-state index contributed by atoms with van der Waals surface area (Å²) < 4.78 is 86.2. The van der Waals surface area contributed by atoms with Gasteiger partial charge in [-0.25, -0.2) is 9.78 Å². The van der Waals surface area contributed by atoms with E-state index in [0.29, 0.717) is 31.8 Å². The zero-order chi connectivity index (χ0) is 26.3. The summed E-state index contributed by atoms with van der Waals surface area (Å²) in [7, 11) is 0. The van der Waals surface area contributed by atoms with Gasteiger partial charge in [0.05, 0.1) is 17.7 Å². The number of benzene rings is 1. The minimum absolute atomic E-state index is 0.0561. The van der Waals surface area contributed by atoms with Gasteiger partial charge >= 0.3 is 18.4 Å². The van der Waals surface area contributed by atoms with Crippen LogP contribution in [-0.4, -0.2) is 64.1 Å². The highest BCUT2D eigenvalue weighted by atomic mass is 19.4. The number of hydrogen-bond donors (Lipinski definition) is 0. The van der Waals surface area contributed by atoms with Crippen molar-refractivity contribution in [2.45, 2.75) is 44.6 Å². The predicted molar refractivity (Wildman–Crippen MR) is 114 cm³/mol. The van der Waals surface area contributed by atoms with Crippen molar-refractivity contribution >= 4 is 12.0 Å². The summed E-state index contributed by atoms with van der Waals surface area (Å²) in [6, 6.07) is 1.64. The van der Waals surface area contributed by atoms with Gasteiger partial charge in [-0.2, -0.15) is 26.3 Å². The van der Waals surface area contributed by atoms with Crippen LogP contribution in [0.4, 0.5) is 31.1 Å². The third-order valence-corrected chi connectivity index (χ3v) is 6.39. The first-order valence-corrected chi connectivity index (χ1v) is 11.4. The van der Waals surface area contributed by atoms with Gasteiger partial charge in [-0.15, -0.1) is 0 Å². The highest BCUT2D eigenvalue weighted by molar-refractivity contribution is 5.92. The van der Waals surface area contributed by atoms with Gasteiger partial charge < -0.3 is 19.1 Å². The Morgan fingerprint density at radius 1 is 0.972 bits per heavy atom. The highest BCUT2D eigenvalue weighted by Crippen LogP contribution is 2.39. The van der Waals surface area contributed by atoms with Gasteiger partial charge in [0.1, 0.15) is 11.5 Å². The number of ether oxygens (including phenoxy) is 1. The number of piperazine rings is 1. The monoisotopic (exact) mass is 518 g/mol. The molecule has 2 amide bonds. The summed E-state index contributed by atoms with van der Waals surface area (Å²) in [5.41, 5.74) is -2.60. The number of rotatable bonds is 3. The van der Waals surface area contributed by atoms with Crippen molar-refractivity contribution in [2.75, 3.05) is 32.8 Å². The molecule has 1 unspecified atom stereocenters. The minimum Gasteiger partial charge on any atom is -0.450 e. The first-order chi connectivity index (χ1) is 16.9. The van der Waals surface area contributed by atoms with E-state index in [1.165, 1.54) is 11.1 Å². The average Bonchev–Trinajstić information content (AvgIpc) is 3.26. The van der Waals surface area contributed by atoms with Gasteiger partial charge in [0.25, 0.3) is 5.91 Å². The molecule has 0 N–H and O–H groups in total. The number of nitrogens with zero attached hydrogens (tertiary/aromatic N) is 4. The molecule has 0 spiro atoms. The first-order valence-electron chi connectivity index (χ1n) is 11.4. The summed E-state index contributed by atoms with van der Waals surface area (Å²) in [5.74, 6) is -0.413. The maximum atomic E-state index is 13.3. The summed E-state index contributed by atoms with van der Waals surface area (Å²) in [6.45, 7) is 3.22. The normalized spacial score (nSPS) is 18.7. The molecule has 0 aliphatic carbocycles. The van der Waals surface area contributed by atoms with E-state index in [1.54, 1.807) is 16.4 Å². The van der Waals surface area contributed by atoms with Crippen LogP contribution in [0.5, 0.6) is 0 Å². The topological polar surface area (TPSA) is 67.7 Å². The molecule has 2 aliphatic heterocycles. The molecule has 1 atom stereocenters. The van der Waals surface area contributed by atoms with Crippen LogP contribution in [0.25, 0.3) is 0 Å². The van der Waals surface area contributed by atoms with Gasteiger partial charge in [-0.3, -0.25) is 4.79 Å². The zero-order valence-electron chi connectivity index (χ0n) is 19.3. The lowest BCUT2D eigenvalue weighted by Crippen LogP contribution is -2.50. The number of fused-ring (bicyclic) bond motifs is 1. The Hall–Kier alpha value is -3.25. The largest absolute Gasteiger partial charge is 0.450 e. The lowest BCUT2D eigenvalue weighted by Gasteiger charge is -2.33. The van der Waals surface area contributed by atoms with Crippen molar-refractivity contribution in [3.05, 3.63) is 52.6 Å². The van der Waals surface area contributed by atoms with Crippen LogP contribution in [0.1, 0.15) is 52.3 Å². The van der Waals surface area contributed by atoms with Crippen molar-refractivity contribution in [2.24, 2.45) is 0 Å². The molecule has 2 aliphatic rings. The van der Waals surface area contributed by atoms with Gasteiger partial charge in [0.15, 0.2) is 0 Å². The van der Waals surface area contributed by atoms with Crippen LogP contribution >= 0.6 is 0 Å². The third-order valence-electron chi connectivity index (χ3n) is 6.39. The number of halogens is 6. The quantitative estimate of drug-likeness (QED) is 0.559. The van der Waals surface area contributed by atoms with Crippen molar-refractivity contribution in [3.63, 3.8) is 0 Å². The first kappa shape index (κ1) is 25.8. The molecule has 196 valence electrons. The number of aryl methyl sites for hydroxylation is 1. The van der Waals surface area contributed by atoms with E-state index >= 15 is 0 Å². The van der Waals surface area contributed by atoms with E-state index in [1.807, 2.05) is 0 Å². The molecule has 1 aromatic heterocycles. The third kappa shape index (κ3) is 5.44. The second-order valence-electron chi connectivity index (χ2n) is 8.75. The maximum Gasteiger partial charge on any atom is 0.416 e. The molecule has 1 fully saturated rings. The lowest BCUT2D eigenvalue weighted by molar-refractivity contribution is -0.143. The minimum atomic E-state index is -4.91. The smallest absolute Gasteiger partial charge is 0.416 e. The number of imidazole rings is 1. The van der Waals surface area contributed by atoms with Crippen LogP contribution in [0, 0.1) is 0 Å². The van der Waals surface area contributed by atoms with Gasteiger partial charge in [0, 0.05) is 51.3 Å². The predicted octanol–water partition coefficient (Wildman–Crippen LogP) is 4.57. The summed E-state index contributed by atoms with van der Waals surface area (Å²) >= 11 is 0. The van der Waals surface area contributed by atoms with Crippen LogP contribution in [0.3, 0.4) is 0 Å². The Labute approximate surface area is 202 Å². The number of alkyl halides is 6. The van der Waals surface area contributed by atoms with Gasteiger partial charge in [0.2, 0.25) is 0 Å². The summed E-state index contributed by atoms with van der Waals surface area (Å²) in [5, 5.41) is 0. The second-order valence-corrected chi connectivity index (χ2v) is 8.75. The maximum absolute atomic E-state index is 13.3. The van der Waals surface area contributed by atoms with Crippen LogP contribution in [0.15, 0.2) is 24.4 Å². The number of amides is 2. The molecule has 36 heavy (non-hydrogen) atoms. The van der Waals surface area contributed by atoms with Crippen molar-refractivity contribution in [3.8, 4) is 0 Å². The van der Waals surface area contributed by atoms with Crippen molar-refractivity contribution < 1.29 is 40.7 Å². The fourth-order valence-electron chi connectivity index (χ4n) is 4.50. The highest BCUT2D eigenvalue weighted by Gasteiger charge is 2.38. The Balaban J connectivity index is 1.49. The molecule has 2 aromatic rings. The number of carbonyl (C=O) groups excluding carboxylic acids is 2. The van der Waals surface area contributed by atoms with E-state index in [0.717, 1.165) is 12.1 Å². The molecule has 4 rings (SSSR count). The van der Waals surface area contributed by atoms with Crippen LogP contribution < -0.4 is 0 Å². The Morgan fingerprint density at radius 2 is 1.56 bits per heavy atom. The van der Waals surface area contributed by atoms with E-state index in [-0.39, 0.29) is 49.5 Å². The zero-order valence-corrected chi connectivity index (χ0v) is 19.3.